The average molecular weight is 569 g/mol. The number of amides is 4. The second-order valence-electron chi connectivity index (χ2n) is 8.76. The Morgan fingerprint density at radius 2 is 1.83 bits per heavy atom. The number of ether oxygens (including phenoxy) is 3. The SMILES string of the molecule is CC[C@H](COC(=O)[C@H](N)CC(N)=O)OC(=O)NCc1cccc(NC(=O)Nc2ccc(-c3cnco3)c(OC)c2)c1. The molecule has 3 aromatic rings. The largest absolute Gasteiger partial charge is 0.496 e. The average Bonchev–Trinajstić information content (AvgIpc) is 3.48. The minimum absolute atomic E-state index is 0.107. The number of urea groups is 1. The molecule has 1 aromatic heterocycles. The minimum atomic E-state index is -1.18. The maximum atomic E-state index is 12.6. The molecule has 2 aromatic carbocycles. The maximum absolute atomic E-state index is 12.6. The zero-order chi connectivity index (χ0) is 29.8. The lowest BCUT2D eigenvalue weighted by atomic mass is 10.1. The molecule has 14 heteroatoms. The fourth-order valence-electron chi connectivity index (χ4n) is 3.56. The molecule has 4 amide bonds. The first-order valence-corrected chi connectivity index (χ1v) is 12.6. The maximum Gasteiger partial charge on any atom is 0.407 e. The molecule has 41 heavy (non-hydrogen) atoms. The van der Waals surface area contributed by atoms with Crippen LogP contribution in [0.4, 0.5) is 21.0 Å². The second kappa shape index (κ2) is 14.9. The van der Waals surface area contributed by atoms with E-state index in [1.807, 2.05) is 0 Å². The van der Waals surface area contributed by atoms with Gasteiger partial charge >= 0.3 is 18.1 Å². The summed E-state index contributed by atoms with van der Waals surface area (Å²) in [6.07, 6.45) is 1.45. The van der Waals surface area contributed by atoms with Crippen LogP contribution < -0.4 is 32.2 Å². The van der Waals surface area contributed by atoms with Crippen LogP contribution >= 0.6 is 0 Å². The van der Waals surface area contributed by atoms with E-state index >= 15 is 0 Å². The molecule has 3 rings (SSSR count). The fourth-order valence-corrected chi connectivity index (χ4v) is 3.56. The number of esters is 1. The molecule has 0 aliphatic rings. The molecule has 0 spiro atoms. The summed E-state index contributed by atoms with van der Waals surface area (Å²) in [5, 5.41) is 8.08. The van der Waals surface area contributed by atoms with E-state index in [0.717, 1.165) is 0 Å². The molecule has 0 bridgehead atoms. The van der Waals surface area contributed by atoms with Gasteiger partial charge in [0.1, 0.15) is 24.5 Å². The van der Waals surface area contributed by atoms with Gasteiger partial charge in [0.05, 0.1) is 25.3 Å². The van der Waals surface area contributed by atoms with Crippen LogP contribution in [-0.2, 0) is 25.6 Å². The first kappa shape index (κ1) is 30.4. The van der Waals surface area contributed by atoms with Gasteiger partial charge < -0.3 is 46.0 Å². The van der Waals surface area contributed by atoms with Crippen molar-refractivity contribution in [1.29, 1.82) is 0 Å². The van der Waals surface area contributed by atoms with Crippen molar-refractivity contribution in [3.05, 3.63) is 60.6 Å². The molecule has 0 fully saturated rings. The van der Waals surface area contributed by atoms with Crippen molar-refractivity contribution in [3.63, 3.8) is 0 Å². The predicted octanol–water partition coefficient (Wildman–Crippen LogP) is 2.74. The number of carbonyl (C=O) groups is 4. The second-order valence-corrected chi connectivity index (χ2v) is 8.76. The third-order valence-electron chi connectivity index (χ3n) is 5.64. The fraction of sp³-hybridized carbons (Fsp3) is 0.296. The molecule has 14 nitrogen and oxygen atoms in total. The smallest absolute Gasteiger partial charge is 0.407 e. The molecule has 0 aliphatic carbocycles. The number of carbonyl (C=O) groups excluding carboxylic acids is 4. The molecular formula is C27H32N6O8. The molecule has 2 atom stereocenters. The molecule has 7 N–H and O–H groups in total. The zero-order valence-electron chi connectivity index (χ0n) is 22.5. The third kappa shape index (κ3) is 9.54. The van der Waals surface area contributed by atoms with Gasteiger partial charge in [-0.25, -0.2) is 14.6 Å². The van der Waals surface area contributed by atoms with Crippen molar-refractivity contribution in [3.8, 4) is 17.1 Å². The van der Waals surface area contributed by atoms with Crippen molar-refractivity contribution in [2.45, 2.75) is 38.5 Å². The Bertz CT molecular complexity index is 1350. The lowest BCUT2D eigenvalue weighted by Gasteiger charge is -2.18. The Hall–Kier alpha value is -5.11. The third-order valence-corrected chi connectivity index (χ3v) is 5.64. The minimum Gasteiger partial charge on any atom is -0.496 e. The number of nitrogens with zero attached hydrogens (tertiary/aromatic N) is 1. The zero-order valence-corrected chi connectivity index (χ0v) is 22.5. The Morgan fingerprint density at radius 1 is 1.07 bits per heavy atom. The molecule has 0 radical (unpaired) electrons. The first-order chi connectivity index (χ1) is 19.7. The highest BCUT2D eigenvalue weighted by molar-refractivity contribution is 6.00. The number of hydrogen-bond acceptors (Lipinski definition) is 10. The van der Waals surface area contributed by atoms with Gasteiger partial charge in [-0.05, 0) is 36.2 Å². The predicted molar refractivity (Wildman–Crippen MR) is 148 cm³/mol. The van der Waals surface area contributed by atoms with Gasteiger partial charge in [-0.2, -0.15) is 0 Å². The number of hydrogen-bond donors (Lipinski definition) is 5. The van der Waals surface area contributed by atoms with E-state index in [9.17, 15) is 19.2 Å². The highest BCUT2D eigenvalue weighted by atomic mass is 16.6. The normalized spacial score (nSPS) is 12.0. The Labute approximate surface area is 235 Å². The summed E-state index contributed by atoms with van der Waals surface area (Å²) >= 11 is 0. The number of aromatic nitrogens is 1. The number of nitrogens with one attached hydrogen (secondary N) is 3. The number of nitrogens with two attached hydrogens (primary N) is 2. The Morgan fingerprint density at radius 3 is 2.49 bits per heavy atom. The number of alkyl carbamates (subject to hydrolysis) is 1. The summed E-state index contributed by atoms with van der Waals surface area (Å²) in [5.74, 6) is -0.522. The van der Waals surface area contributed by atoms with Crippen LogP contribution in [0.2, 0.25) is 0 Å². The van der Waals surface area contributed by atoms with Crippen molar-refractivity contribution >= 4 is 35.4 Å². The van der Waals surface area contributed by atoms with Gasteiger partial charge in [-0.3, -0.25) is 9.59 Å². The van der Waals surface area contributed by atoms with Crippen molar-refractivity contribution in [1.82, 2.24) is 10.3 Å². The number of primary amides is 1. The summed E-state index contributed by atoms with van der Waals surface area (Å²) in [4.78, 5) is 51.5. The van der Waals surface area contributed by atoms with Gasteiger partial charge in [0.25, 0.3) is 0 Å². The van der Waals surface area contributed by atoms with E-state index < -0.39 is 36.1 Å². The molecule has 0 saturated carbocycles. The summed E-state index contributed by atoms with van der Waals surface area (Å²) < 4.78 is 21.0. The van der Waals surface area contributed by atoms with Crippen LogP contribution in [0.5, 0.6) is 5.75 Å². The quantitative estimate of drug-likeness (QED) is 0.190. The van der Waals surface area contributed by atoms with Crippen LogP contribution in [-0.4, -0.2) is 54.8 Å². The monoisotopic (exact) mass is 568 g/mol. The summed E-state index contributed by atoms with van der Waals surface area (Å²) in [6.45, 7) is 1.63. The highest BCUT2D eigenvalue weighted by Gasteiger charge is 2.21. The van der Waals surface area contributed by atoms with Gasteiger partial charge in [0.15, 0.2) is 12.2 Å². The van der Waals surface area contributed by atoms with E-state index in [2.05, 4.69) is 20.9 Å². The molecule has 0 unspecified atom stereocenters. The Kier molecular flexibility index (Phi) is 11.0. The van der Waals surface area contributed by atoms with Crippen molar-refractivity contribution < 1.29 is 37.8 Å². The standard InChI is InChI=1S/C27H32N6O8/c1-3-19(14-39-25(35)21(28)11-24(29)34)41-27(37)31-12-16-5-4-6-17(9-16)32-26(36)33-18-7-8-20(22(10-18)38-2)23-13-30-15-40-23/h4-10,13,15,19,21H,3,11-12,14,28H2,1-2H3,(H2,29,34)(H,31,37)(H2,32,33,36)/t19-,21-/m1/s1. The first-order valence-electron chi connectivity index (χ1n) is 12.6. The molecule has 218 valence electrons. The number of methoxy groups -OCH3 is 1. The number of oxazole rings is 1. The summed E-state index contributed by atoms with van der Waals surface area (Å²) in [7, 11) is 1.51. The molecule has 1 heterocycles. The summed E-state index contributed by atoms with van der Waals surface area (Å²) in [5.41, 5.74) is 12.9. The van der Waals surface area contributed by atoms with Gasteiger partial charge in [-0.15, -0.1) is 0 Å². The van der Waals surface area contributed by atoms with Crippen molar-refractivity contribution in [2.24, 2.45) is 11.5 Å². The van der Waals surface area contributed by atoms with E-state index in [4.69, 9.17) is 30.1 Å². The van der Waals surface area contributed by atoms with E-state index in [0.29, 0.717) is 40.4 Å². The van der Waals surface area contributed by atoms with Crippen LogP contribution in [0.1, 0.15) is 25.3 Å². The van der Waals surface area contributed by atoms with Crippen LogP contribution in [0.3, 0.4) is 0 Å². The Balaban J connectivity index is 1.48. The number of rotatable bonds is 13. The van der Waals surface area contributed by atoms with Gasteiger partial charge in [0, 0.05) is 24.0 Å². The van der Waals surface area contributed by atoms with E-state index in [1.165, 1.54) is 13.5 Å². The molecular weight excluding hydrogens is 536 g/mol. The molecule has 0 saturated heterocycles. The topological polar surface area (TPSA) is 210 Å². The lowest BCUT2D eigenvalue weighted by Crippen LogP contribution is -2.38. The van der Waals surface area contributed by atoms with Gasteiger partial charge in [0.2, 0.25) is 5.91 Å². The number of benzene rings is 2. The van der Waals surface area contributed by atoms with Crippen LogP contribution in [0.15, 0.2) is 59.5 Å². The van der Waals surface area contributed by atoms with E-state index in [-0.39, 0.29) is 19.6 Å². The summed E-state index contributed by atoms with van der Waals surface area (Å²) in [6, 6.07) is 10.3. The van der Waals surface area contributed by atoms with E-state index in [1.54, 1.807) is 55.6 Å². The molecule has 0 aliphatic heterocycles. The van der Waals surface area contributed by atoms with Crippen LogP contribution in [0, 0.1) is 0 Å². The number of anilines is 2. The van der Waals surface area contributed by atoms with Crippen molar-refractivity contribution in [2.75, 3.05) is 24.4 Å². The lowest BCUT2D eigenvalue weighted by molar-refractivity contribution is -0.149. The highest BCUT2D eigenvalue weighted by Crippen LogP contribution is 2.32. The van der Waals surface area contributed by atoms with Gasteiger partial charge in [-0.1, -0.05) is 19.1 Å². The van der Waals surface area contributed by atoms with Crippen LogP contribution in [0.25, 0.3) is 11.3 Å².